The summed E-state index contributed by atoms with van der Waals surface area (Å²) in [7, 11) is 5.40. The number of nitrogens with zero attached hydrogens (tertiary/aromatic N) is 5. The van der Waals surface area contributed by atoms with Crippen LogP contribution in [0.4, 0.5) is 8.78 Å². The van der Waals surface area contributed by atoms with Crippen molar-refractivity contribution in [2.24, 2.45) is 12.0 Å². The van der Waals surface area contributed by atoms with Crippen molar-refractivity contribution in [3.05, 3.63) is 41.2 Å². The molecule has 0 bridgehead atoms. The second-order valence-corrected chi connectivity index (χ2v) is 5.48. The largest absolute Gasteiger partial charge is 0.351 e. The van der Waals surface area contributed by atoms with E-state index in [1.807, 2.05) is 35.8 Å². The van der Waals surface area contributed by atoms with Gasteiger partial charge in [0.05, 0.1) is 18.1 Å². The lowest BCUT2D eigenvalue weighted by molar-refractivity contribution is 0.0668. The summed E-state index contributed by atoms with van der Waals surface area (Å²) in [5.74, 6) is 0.822. The number of imidazole rings is 1. The number of alkyl halides is 2. The molecule has 0 aliphatic heterocycles. The first kappa shape index (κ1) is 17.3. The highest BCUT2D eigenvalue weighted by molar-refractivity contribution is 6.30. The summed E-state index contributed by atoms with van der Waals surface area (Å²) in [5.41, 5.74) is 1.01. The standard InChI is InChI=1S/C14H19ClF2N6/c1-18-14(20-7-12-19-4-5-23(12)13(16)17)22(3)9-11-6-10(15)8-21(11)2/h4-6,8,13H,7,9H2,1-3H3,(H,18,20). The lowest BCUT2D eigenvalue weighted by Crippen LogP contribution is -2.38. The molecule has 0 saturated heterocycles. The van der Waals surface area contributed by atoms with Crippen molar-refractivity contribution < 1.29 is 8.78 Å². The SMILES string of the molecule is CN=C(NCc1nccn1C(F)F)N(C)Cc1cc(Cl)cn1C. The zero-order chi connectivity index (χ0) is 17.0. The van der Waals surface area contributed by atoms with Crippen LogP contribution in [-0.4, -0.2) is 39.1 Å². The Morgan fingerprint density at radius 2 is 2.26 bits per heavy atom. The molecule has 0 unspecified atom stereocenters. The highest BCUT2D eigenvalue weighted by Gasteiger charge is 2.14. The molecule has 6 nitrogen and oxygen atoms in total. The number of hydrogen-bond donors (Lipinski definition) is 1. The highest BCUT2D eigenvalue weighted by atomic mass is 35.5. The van der Waals surface area contributed by atoms with Gasteiger partial charge in [-0.3, -0.25) is 9.56 Å². The van der Waals surface area contributed by atoms with Crippen molar-refractivity contribution in [3.8, 4) is 0 Å². The molecular weight excluding hydrogens is 326 g/mol. The summed E-state index contributed by atoms with van der Waals surface area (Å²) in [6.07, 6.45) is 4.42. The van der Waals surface area contributed by atoms with Crippen LogP contribution in [0.3, 0.4) is 0 Å². The van der Waals surface area contributed by atoms with E-state index in [-0.39, 0.29) is 12.4 Å². The van der Waals surface area contributed by atoms with Crippen LogP contribution in [0.2, 0.25) is 5.02 Å². The molecule has 0 amide bonds. The summed E-state index contributed by atoms with van der Waals surface area (Å²) in [6, 6.07) is 1.87. The van der Waals surface area contributed by atoms with Crippen LogP contribution in [0.1, 0.15) is 18.1 Å². The van der Waals surface area contributed by atoms with Gasteiger partial charge in [0, 0.05) is 45.4 Å². The second kappa shape index (κ2) is 7.45. The Kier molecular flexibility index (Phi) is 5.59. The van der Waals surface area contributed by atoms with Gasteiger partial charge in [0.2, 0.25) is 0 Å². The fourth-order valence-corrected chi connectivity index (χ4v) is 2.51. The van der Waals surface area contributed by atoms with E-state index in [0.29, 0.717) is 17.5 Å². The average molecular weight is 345 g/mol. The molecule has 2 aromatic rings. The predicted molar refractivity (Wildman–Crippen MR) is 85.6 cm³/mol. The molecule has 1 N–H and O–H groups in total. The Morgan fingerprint density at radius 1 is 1.52 bits per heavy atom. The van der Waals surface area contributed by atoms with E-state index in [1.54, 1.807) is 7.05 Å². The highest BCUT2D eigenvalue weighted by Crippen LogP contribution is 2.14. The molecule has 9 heteroatoms. The quantitative estimate of drug-likeness (QED) is 0.669. The van der Waals surface area contributed by atoms with E-state index in [2.05, 4.69) is 15.3 Å². The van der Waals surface area contributed by atoms with Gasteiger partial charge < -0.3 is 14.8 Å². The van der Waals surface area contributed by atoms with Crippen LogP contribution >= 0.6 is 11.6 Å². The molecule has 126 valence electrons. The van der Waals surface area contributed by atoms with Gasteiger partial charge in [0.1, 0.15) is 5.82 Å². The van der Waals surface area contributed by atoms with E-state index in [4.69, 9.17) is 11.6 Å². The topological polar surface area (TPSA) is 50.4 Å². The van der Waals surface area contributed by atoms with Crippen LogP contribution in [-0.2, 0) is 20.1 Å². The third kappa shape index (κ3) is 4.22. The van der Waals surface area contributed by atoms with E-state index in [1.165, 1.54) is 12.4 Å². The first-order valence-electron chi connectivity index (χ1n) is 6.94. The second-order valence-electron chi connectivity index (χ2n) is 5.05. The maximum Gasteiger partial charge on any atom is 0.319 e. The fraction of sp³-hybridized carbons (Fsp3) is 0.429. The van der Waals surface area contributed by atoms with Crippen molar-refractivity contribution >= 4 is 17.6 Å². The van der Waals surface area contributed by atoms with Crippen molar-refractivity contribution in [1.82, 2.24) is 24.3 Å². The first-order valence-corrected chi connectivity index (χ1v) is 7.32. The fourth-order valence-electron chi connectivity index (χ4n) is 2.24. The molecule has 0 aromatic carbocycles. The van der Waals surface area contributed by atoms with Crippen LogP contribution in [0, 0.1) is 0 Å². The summed E-state index contributed by atoms with van der Waals surface area (Å²) < 4.78 is 28.3. The zero-order valence-corrected chi connectivity index (χ0v) is 13.9. The Morgan fingerprint density at radius 3 is 2.83 bits per heavy atom. The Labute approximate surface area is 138 Å². The van der Waals surface area contributed by atoms with E-state index in [9.17, 15) is 8.78 Å². The number of halogens is 3. The van der Waals surface area contributed by atoms with Crippen LogP contribution in [0.15, 0.2) is 29.6 Å². The molecule has 0 atom stereocenters. The van der Waals surface area contributed by atoms with Gasteiger partial charge in [-0.25, -0.2) is 4.98 Å². The van der Waals surface area contributed by atoms with Crippen LogP contribution < -0.4 is 5.32 Å². The predicted octanol–water partition coefficient (Wildman–Crippen LogP) is 2.48. The van der Waals surface area contributed by atoms with Gasteiger partial charge in [-0.2, -0.15) is 8.78 Å². The molecule has 0 aliphatic rings. The number of rotatable bonds is 5. The Balaban J connectivity index is 1.99. The molecule has 2 aromatic heterocycles. The summed E-state index contributed by atoms with van der Waals surface area (Å²) in [4.78, 5) is 9.97. The smallest absolute Gasteiger partial charge is 0.319 e. The van der Waals surface area contributed by atoms with Gasteiger partial charge in [-0.1, -0.05) is 11.6 Å². The number of guanidine groups is 1. The van der Waals surface area contributed by atoms with Crippen LogP contribution in [0.5, 0.6) is 0 Å². The van der Waals surface area contributed by atoms with Gasteiger partial charge in [0.15, 0.2) is 5.96 Å². The minimum Gasteiger partial charge on any atom is -0.351 e. The van der Waals surface area contributed by atoms with Gasteiger partial charge in [0.25, 0.3) is 0 Å². The molecule has 2 rings (SSSR count). The number of hydrogen-bond acceptors (Lipinski definition) is 2. The summed E-state index contributed by atoms with van der Waals surface area (Å²) in [6.45, 7) is -1.88. The summed E-state index contributed by atoms with van der Waals surface area (Å²) in [5, 5.41) is 3.70. The summed E-state index contributed by atoms with van der Waals surface area (Å²) >= 11 is 5.97. The third-order valence-electron chi connectivity index (χ3n) is 3.41. The maximum atomic E-state index is 12.8. The average Bonchev–Trinajstić information content (AvgIpc) is 3.06. The number of aromatic nitrogens is 3. The van der Waals surface area contributed by atoms with E-state index < -0.39 is 6.55 Å². The number of aliphatic imine (C=N–C) groups is 1. The van der Waals surface area contributed by atoms with Crippen LogP contribution in [0.25, 0.3) is 0 Å². The normalized spacial score (nSPS) is 12.0. The lowest BCUT2D eigenvalue weighted by Gasteiger charge is -2.22. The first-order chi connectivity index (χ1) is 10.9. The third-order valence-corrected chi connectivity index (χ3v) is 3.62. The van der Waals surface area contributed by atoms with E-state index in [0.717, 1.165) is 10.3 Å². The molecule has 0 saturated carbocycles. The van der Waals surface area contributed by atoms with Crippen molar-refractivity contribution in [1.29, 1.82) is 0 Å². The number of aryl methyl sites for hydroxylation is 1. The van der Waals surface area contributed by atoms with Crippen molar-refractivity contribution in [2.75, 3.05) is 14.1 Å². The lowest BCUT2D eigenvalue weighted by atomic mass is 10.4. The van der Waals surface area contributed by atoms with Gasteiger partial charge >= 0.3 is 6.55 Å². The van der Waals surface area contributed by atoms with Gasteiger partial charge in [-0.05, 0) is 6.07 Å². The Hall–Kier alpha value is -2.09. The molecular formula is C14H19ClF2N6. The van der Waals surface area contributed by atoms with E-state index >= 15 is 0 Å². The molecule has 2 heterocycles. The van der Waals surface area contributed by atoms with Gasteiger partial charge in [-0.15, -0.1) is 0 Å². The zero-order valence-electron chi connectivity index (χ0n) is 13.2. The monoisotopic (exact) mass is 344 g/mol. The minimum atomic E-state index is -2.61. The molecule has 0 aliphatic carbocycles. The molecule has 23 heavy (non-hydrogen) atoms. The molecule has 0 spiro atoms. The minimum absolute atomic E-state index is 0.155. The number of nitrogens with one attached hydrogen (secondary N) is 1. The molecule has 0 radical (unpaired) electrons. The maximum absolute atomic E-state index is 12.8. The Bertz CT molecular complexity index is 679. The van der Waals surface area contributed by atoms with Crippen molar-refractivity contribution in [2.45, 2.75) is 19.6 Å². The molecule has 0 fully saturated rings. The van der Waals surface area contributed by atoms with Crippen molar-refractivity contribution in [3.63, 3.8) is 0 Å².